The van der Waals surface area contributed by atoms with Crippen LogP contribution in [0, 0.1) is 0 Å². The Morgan fingerprint density at radius 1 is 0.403 bits per heavy atom. The average Bonchev–Trinajstić information content (AvgIpc) is 4.04. The largest absolute Gasteiger partial charge is 0.456 e. The first kappa shape index (κ1) is 34.5. The van der Waals surface area contributed by atoms with Gasteiger partial charge in [0.2, 0.25) is 5.89 Å². The van der Waals surface area contributed by atoms with E-state index in [-0.39, 0.29) is 0 Å². The van der Waals surface area contributed by atoms with Crippen molar-refractivity contribution in [2.24, 2.45) is 0 Å². The van der Waals surface area contributed by atoms with Gasteiger partial charge in [-0.15, -0.1) is 0 Å². The van der Waals surface area contributed by atoms with Crippen molar-refractivity contribution in [3.8, 4) is 28.3 Å². The fourth-order valence-corrected chi connectivity index (χ4v) is 9.57. The van der Waals surface area contributed by atoms with E-state index in [2.05, 4.69) is 179 Å². The van der Waals surface area contributed by atoms with E-state index in [0.29, 0.717) is 5.89 Å². The minimum Gasteiger partial charge on any atom is -0.456 e. The van der Waals surface area contributed by atoms with Crippen molar-refractivity contribution in [3.63, 3.8) is 0 Å². The van der Waals surface area contributed by atoms with Crippen LogP contribution < -0.4 is 4.90 Å². The third kappa shape index (κ3) is 5.32. The minimum atomic E-state index is 0.604. The Morgan fingerprint density at radius 2 is 1.06 bits per heavy atom. The SMILES string of the molecule is c1ccc(-c2nc3ccc4cc(-c5ccc6c7ccccc7n(-c7ccccc7)c6c5)c5ccc(N(c6ccccc6)c6ccc7oc8ccccc8c7c6)cc5c4c3o2)cc1. The molecule has 0 fully saturated rings. The molecule has 5 heteroatoms. The molecule has 0 amide bonds. The summed E-state index contributed by atoms with van der Waals surface area (Å²) in [6, 6.07) is 75.2. The van der Waals surface area contributed by atoms with Crippen molar-refractivity contribution >= 4 is 93.5 Å². The van der Waals surface area contributed by atoms with Gasteiger partial charge in [-0.2, -0.15) is 0 Å². The quantitative estimate of drug-likeness (QED) is 0.157. The predicted molar refractivity (Wildman–Crippen MR) is 256 cm³/mol. The standard InChI is InChI=1S/C57H35N3O2/c1-4-14-36(15-5-1)57-58-50-30-25-38-32-47(37-24-28-45-44-20-10-12-22-51(44)60(52(45)33-37)40-18-8-3-9-19-40)43-29-26-41(35-49(43)55(38)56(50)62-57)59(39-16-6-2-7-17-39)42-27-31-54-48(34-42)46-21-11-13-23-53(46)61-54/h1-35H. The van der Waals surface area contributed by atoms with Gasteiger partial charge in [0.15, 0.2) is 5.58 Å². The molecular weight excluding hydrogens is 759 g/mol. The van der Waals surface area contributed by atoms with Gasteiger partial charge in [-0.25, -0.2) is 4.98 Å². The summed E-state index contributed by atoms with van der Waals surface area (Å²) in [6.07, 6.45) is 0. The molecule has 5 nitrogen and oxygen atoms in total. The Hall–Kier alpha value is -8.41. The van der Waals surface area contributed by atoms with Crippen LogP contribution in [0.5, 0.6) is 0 Å². The fourth-order valence-electron chi connectivity index (χ4n) is 9.57. The molecule has 0 aliphatic heterocycles. The second-order valence-electron chi connectivity index (χ2n) is 15.9. The Bertz CT molecular complexity index is 3860. The molecule has 0 N–H and O–H groups in total. The number of aromatic nitrogens is 2. The maximum atomic E-state index is 6.79. The van der Waals surface area contributed by atoms with Crippen LogP contribution in [0.4, 0.5) is 17.1 Å². The van der Waals surface area contributed by atoms with Gasteiger partial charge < -0.3 is 18.3 Å². The van der Waals surface area contributed by atoms with Gasteiger partial charge in [0.25, 0.3) is 0 Å². The van der Waals surface area contributed by atoms with E-state index in [1.54, 1.807) is 0 Å². The molecule has 3 aromatic heterocycles. The number of para-hydroxylation sites is 4. The van der Waals surface area contributed by atoms with Gasteiger partial charge in [0, 0.05) is 55.2 Å². The summed E-state index contributed by atoms with van der Waals surface area (Å²) in [4.78, 5) is 7.36. The van der Waals surface area contributed by atoms with Gasteiger partial charge in [-0.1, -0.05) is 115 Å². The molecule has 10 aromatic carbocycles. The summed E-state index contributed by atoms with van der Waals surface area (Å²) in [7, 11) is 0. The van der Waals surface area contributed by atoms with E-state index in [4.69, 9.17) is 13.8 Å². The molecule has 0 saturated carbocycles. The van der Waals surface area contributed by atoms with Crippen LogP contribution >= 0.6 is 0 Å². The van der Waals surface area contributed by atoms with Crippen LogP contribution in [0.3, 0.4) is 0 Å². The summed E-state index contributed by atoms with van der Waals surface area (Å²) >= 11 is 0. The number of fused-ring (bicyclic) bond motifs is 11. The second kappa shape index (κ2) is 13.6. The van der Waals surface area contributed by atoms with E-state index >= 15 is 0 Å². The van der Waals surface area contributed by atoms with Crippen molar-refractivity contribution in [2.45, 2.75) is 0 Å². The van der Waals surface area contributed by atoms with Crippen LogP contribution in [0.2, 0.25) is 0 Å². The summed E-state index contributed by atoms with van der Waals surface area (Å²) in [6.45, 7) is 0. The zero-order valence-electron chi connectivity index (χ0n) is 33.4. The number of hydrogen-bond donors (Lipinski definition) is 0. The first-order valence-electron chi connectivity index (χ1n) is 20.9. The third-order valence-corrected chi connectivity index (χ3v) is 12.4. The Kier molecular flexibility index (Phi) is 7.54. The van der Waals surface area contributed by atoms with E-state index in [9.17, 15) is 0 Å². The Labute approximate surface area is 355 Å². The first-order chi connectivity index (χ1) is 30.7. The van der Waals surface area contributed by atoms with Crippen molar-refractivity contribution in [1.29, 1.82) is 0 Å². The van der Waals surface area contributed by atoms with Crippen molar-refractivity contribution < 1.29 is 8.83 Å². The van der Waals surface area contributed by atoms with Crippen LogP contribution in [0.15, 0.2) is 221 Å². The predicted octanol–water partition coefficient (Wildman–Crippen LogP) is 15.9. The molecule has 3 heterocycles. The molecule has 0 radical (unpaired) electrons. The van der Waals surface area contributed by atoms with E-state index in [1.807, 2.05) is 42.5 Å². The second-order valence-corrected chi connectivity index (χ2v) is 15.9. The maximum Gasteiger partial charge on any atom is 0.227 e. The molecule has 0 spiro atoms. The topological polar surface area (TPSA) is 47.3 Å². The Balaban J connectivity index is 1.09. The summed E-state index contributed by atoms with van der Waals surface area (Å²) < 4.78 is 15.4. The van der Waals surface area contributed by atoms with Gasteiger partial charge >= 0.3 is 0 Å². The van der Waals surface area contributed by atoms with Crippen LogP contribution in [-0.4, -0.2) is 9.55 Å². The molecule has 0 saturated heterocycles. The molecular formula is C57H35N3O2. The lowest BCUT2D eigenvalue weighted by atomic mass is 9.92. The lowest BCUT2D eigenvalue weighted by molar-refractivity contribution is 0.623. The molecule has 0 unspecified atom stereocenters. The molecule has 0 aliphatic carbocycles. The smallest absolute Gasteiger partial charge is 0.227 e. The van der Waals surface area contributed by atoms with Crippen LogP contribution in [0.25, 0.3) is 105 Å². The number of furan rings is 1. The van der Waals surface area contributed by atoms with Gasteiger partial charge in [0.05, 0.1) is 11.0 Å². The number of anilines is 3. The summed E-state index contributed by atoms with van der Waals surface area (Å²) in [5.41, 5.74) is 13.1. The highest BCUT2D eigenvalue weighted by Crippen LogP contribution is 2.45. The number of rotatable bonds is 6. The van der Waals surface area contributed by atoms with Crippen LogP contribution in [-0.2, 0) is 0 Å². The number of benzene rings is 10. The number of oxazole rings is 1. The van der Waals surface area contributed by atoms with E-state index in [0.717, 1.165) is 99.5 Å². The van der Waals surface area contributed by atoms with Gasteiger partial charge in [-0.05, 0) is 124 Å². The van der Waals surface area contributed by atoms with E-state index < -0.39 is 0 Å². The molecule has 13 rings (SSSR count). The zero-order valence-corrected chi connectivity index (χ0v) is 33.4. The third-order valence-electron chi connectivity index (χ3n) is 12.4. The molecule has 13 aromatic rings. The molecule has 290 valence electrons. The van der Waals surface area contributed by atoms with Crippen LogP contribution in [0.1, 0.15) is 0 Å². The summed E-state index contributed by atoms with van der Waals surface area (Å²) in [5, 5.41) is 8.93. The zero-order chi connectivity index (χ0) is 40.7. The normalized spacial score (nSPS) is 11.9. The van der Waals surface area contributed by atoms with E-state index in [1.165, 1.54) is 16.3 Å². The lowest BCUT2D eigenvalue weighted by Gasteiger charge is -2.26. The van der Waals surface area contributed by atoms with Crippen molar-refractivity contribution in [1.82, 2.24) is 9.55 Å². The molecule has 0 aliphatic rings. The summed E-state index contributed by atoms with van der Waals surface area (Å²) in [5.74, 6) is 0.604. The van der Waals surface area contributed by atoms with Gasteiger partial charge in [0.1, 0.15) is 16.7 Å². The average molecular weight is 794 g/mol. The molecule has 0 atom stereocenters. The van der Waals surface area contributed by atoms with Gasteiger partial charge in [-0.3, -0.25) is 0 Å². The monoisotopic (exact) mass is 793 g/mol. The number of nitrogens with zero attached hydrogens (tertiary/aromatic N) is 3. The lowest BCUT2D eigenvalue weighted by Crippen LogP contribution is -2.09. The highest BCUT2D eigenvalue weighted by Gasteiger charge is 2.21. The highest BCUT2D eigenvalue weighted by atomic mass is 16.3. The fraction of sp³-hybridized carbons (Fsp3) is 0. The van der Waals surface area contributed by atoms with Crippen molar-refractivity contribution in [2.75, 3.05) is 4.90 Å². The van der Waals surface area contributed by atoms with Crippen molar-refractivity contribution in [3.05, 3.63) is 212 Å². The molecule has 62 heavy (non-hydrogen) atoms. The Morgan fingerprint density at radius 3 is 1.90 bits per heavy atom. The maximum absolute atomic E-state index is 6.79. The minimum absolute atomic E-state index is 0.604. The highest BCUT2D eigenvalue weighted by molar-refractivity contribution is 6.23. The first-order valence-corrected chi connectivity index (χ1v) is 20.9. The molecule has 0 bridgehead atoms. The number of hydrogen-bond acceptors (Lipinski definition) is 4.